The van der Waals surface area contributed by atoms with E-state index in [0.717, 1.165) is 31.5 Å². The highest BCUT2D eigenvalue weighted by atomic mass is 16.6. The molecule has 2 rings (SSSR count). The van der Waals surface area contributed by atoms with Gasteiger partial charge in [-0.05, 0) is 53.4 Å². The number of carbonyl (C=O) groups excluding carboxylic acids is 1. The van der Waals surface area contributed by atoms with Crippen LogP contribution in [0.4, 0.5) is 10.5 Å². The van der Waals surface area contributed by atoms with Crippen molar-refractivity contribution in [3.63, 3.8) is 0 Å². The fourth-order valence-electron chi connectivity index (χ4n) is 2.89. The predicted octanol–water partition coefficient (Wildman–Crippen LogP) is 3.39. The first-order valence-corrected chi connectivity index (χ1v) is 8.10. The number of likely N-dealkylation sites (tertiary alicyclic amines) is 1. The molecule has 0 aliphatic carbocycles. The first-order valence-electron chi connectivity index (χ1n) is 8.10. The van der Waals surface area contributed by atoms with Crippen LogP contribution < -0.4 is 5.32 Å². The van der Waals surface area contributed by atoms with Crippen molar-refractivity contribution >= 4 is 11.8 Å². The van der Waals surface area contributed by atoms with E-state index in [2.05, 4.69) is 22.4 Å². The quantitative estimate of drug-likeness (QED) is 0.894. The topological polar surface area (TPSA) is 70.2 Å². The second-order valence-corrected chi connectivity index (χ2v) is 7.09. The van der Waals surface area contributed by atoms with Gasteiger partial charge in [0.05, 0.1) is 11.9 Å². The summed E-state index contributed by atoms with van der Waals surface area (Å²) < 4.78 is 5.55. The van der Waals surface area contributed by atoms with E-state index >= 15 is 0 Å². The van der Waals surface area contributed by atoms with Crippen molar-refractivity contribution < 1.29 is 9.53 Å². The van der Waals surface area contributed by atoms with Crippen molar-refractivity contribution in [2.24, 2.45) is 0 Å². The Morgan fingerprint density at radius 1 is 1.55 bits per heavy atom. The van der Waals surface area contributed by atoms with Crippen molar-refractivity contribution in [1.82, 2.24) is 15.1 Å². The van der Waals surface area contributed by atoms with Crippen LogP contribution >= 0.6 is 0 Å². The summed E-state index contributed by atoms with van der Waals surface area (Å²) in [6.45, 7) is 8.65. The minimum Gasteiger partial charge on any atom is -0.444 e. The summed E-state index contributed by atoms with van der Waals surface area (Å²) in [4.78, 5) is 14.3. The Kier molecular flexibility index (Phi) is 5.32. The van der Waals surface area contributed by atoms with E-state index in [4.69, 9.17) is 4.74 Å². The van der Waals surface area contributed by atoms with Crippen LogP contribution in [0.1, 0.15) is 53.4 Å². The second-order valence-electron chi connectivity index (χ2n) is 7.09. The van der Waals surface area contributed by atoms with Crippen LogP contribution in [0, 0.1) is 0 Å². The maximum absolute atomic E-state index is 12.4. The first kappa shape index (κ1) is 16.6. The third kappa shape index (κ3) is 4.93. The summed E-state index contributed by atoms with van der Waals surface area (Å²) in [7, 11) is 0. The number of rotatable bonds is 4. The molecule has 2 heterocycles. The van der Waals surface area contributed by atoms with Crippen molar-refractivity contribution in [2.45, 2.75) is 71.1 Å². The Labute approximate surface area is 132 Å². The number of hydrogen-bond donors (Lipinski definition) is 2. The summed E-state index contributed by atoms with van der Waals surface area (Å²) >= 11 is 0. The number of H-pyrrole nitrogens is 1. The SMILES string of the molecule is CC(CC1CCCCN1C(=O)OC(C)(C)C)Nc1cn[nH]c1. The molecule has 6 nitrogen and oxygen atoms in total. The van der Waals surface area contributed by atoms with Gasteiger partial charge in [-0.1, -0.05) is 0 Å². The molecule has 0 aromatic carbocycles. The van der Waals surface area contributed by atoms with Gasteiger partial charge in [-0.2, -0.15) is 5.10 Å². The Morgan fingerprint density at radius 2 is 2.32 bits per heavy atom. The lowest BCUT2D eigenvalue weighted by Crippen LogP contribution is -2.47. The normalized spacial score (nSPS) is 20.5. The summed E-state index contributed by atoms with van der Waals surface area (Å²) in [6.07, 6.45) is 7.59. The van der Waals surface area contributed by atoms with Crippen LogP contribution in [-0.4, -0.2) is 45.4 Å². The van der Waals surface area contributed by atoms with E-state index in [1.54, 1.807) is 6.20 Å². The van der Waals surface area contributed by atoms with Crippen molar-refractivity contribution in [3.8, 4) is 0 Å². The van der Waals surface area contributed by atoms with Crippen molar-refractivity contribution in [2.75, 3.05) is 11.9 Å². The Morgan fingerprint density at radius 3 is 2.95 bits per heavy atom. The molecule has 1 amide bonds. The summed E-state index contributed by atoms with van der Waals surface area (Å²) in [5, 5.41) is 10.1. The van der Waals surface area contributed by atoms with Gasteiger partial charge in [0.25, 0.3) is 0 Å². The standard InChI is InChI=1S/C16H28N4O2/c1-12(19-13-10-17-18-11-13)9-14-7-5-6-8-20(14)15(21)22-16(2,3)4/h10-12,14,19H,5-9H2,1-4H3,(H,17,18). The zero-order valence-corrected chi connectivity index (χ0v) is 14.1. The number of hydrogen-bond acceptors (Lipinski definition) is 4. The van der Waals surface area contributed by atoms with Crippen LogP contribution in [0.5, 0.6) is 0 Å². The molecule has 0 spiro atoms. The lowest BCUT2D eigenvalue weighted by molar-refractivity contribution is 0.00852. The molecule has 2 unspecified atom stereocenters. The third-order valence-electron chi connectivity index (χ3n) is 3.79. The predicted molar refractivity (Wildman–Crippen MR) is 86.9 cm³/mol. The third-order valence-corrected chi connectivity index (χ3v) is 3.79. The van der Waals surface area contributed by atoms with Gasteiger partial charge >= 0.3 is 6.09 Å². The average Bonchev–Trinajstić information content (AvgIpc) is 2.90. The van der Waals surface area contributed by atoms with Gasteiger partial charge in [0, 0.05) is 24.8 Å². The molecule has 1 aromatic heterocycles. The highest BCUT2D eigenvalue weighted by Crippen LogP contribution is 2.24. The first-order chi connectivity index (χ1) is 10.3. The number of amides is 1. The van der Waals surface area contributed by atoms with Gasteiger partial charge in [-0.15, -0.1) is 0 Å². The van der Waals surface area contributed by atoms with E-state index in [1.807, 2.05) is 31.9 Å². The fourth-order valence-corrected chi connectivity index (χ4v) is 2.89. The summed E-state index contributed by atoms with van der Waals surface area (Å²) in [6, 6.07) is 0.503. The molecule has 1 aromatic rings. The minimum absolute atomic E-state index is 0.187. The zero-order valence-electron chi connectivity index (χ0n) is 14.1. The van der Waals surface area contributed by atoms with Crippen LogP contribution in [0.3, 0.4) is 0 Å². The van der Waals surface area contributed by atoms with Gasteiger partial charge in [0.1, 0.15) is 5.60 Å². The molecular weight excluding hydrogens is 280 g/mol. The molecule has 2 atom stereocenters. The Balaban J connectivity index is 1.92. The fraction of sp³-hybridized carbons (Fsp3) is 0.750. The lowest BCUT2D eigenvalue weighted by Gasteiger charge is -2.38. The summed E-state index contributed by atoms with van der Waals surface area (Å²) in [5.74, 6) is 0. The molecule has 1 fully saturated rings. The number of aromatic amines is 1. The van der Waals surface area contributed by atoms with Gasteiger partial charge in [0.2, 0.25) is 0 Å². The highest BCUT2D eigenvalue weighted by molar-refractivity contribution is 5.68. The van der Waals surface area contributed by atoms with Crippen LogP contribution in [0.2, 0.25) is 0 Å². The number of carbonyl (C=O) groups is 1. The van der Waals surface area contributed by atoms with Gasteiger partial charge in [-0.3, -0.25) is 5.10 Å². The average molecular weight is 308 g/mol. The van der Waals surface area contributed by atoms with E-state index in [9.17, 15) is 4.79 Å². The molecule has 1 aliphatic rings. The number of aromatic nitrogens is 2. The molecule has 124 valence electrons. The van der Waals surface area contributed by atoms with E-state index in [1.165, 1.54) is 6.42 Å². The molecule has 22 heavy (non-hydrogen) atoms. The molecule has 2 N–H and O–H groups in total. The van der Waals surface area contributed by atoms with Crippen LogP contribution in [0.15, 0.2) is 12.4 Å². The maximum Gasteiger partial charge on any atom is 0.410 e. The molecule has 1 aliphatic heterocycles. The Bertz CT molecular complexity index is 467. The molecule has 0 radical (unpaired) electrons. The number of anilines is 1. The smallest absolute Gasteiger partial charge is 0.410 e. The van der Waals surface area contributed by atoms with E-state index < -0.39 is 5.60 Å². The van der Waals surface area contributed by atoms with Gasteiger partial charge < -0.3 is 15.0 Å². The molecule has 0 bridgehead atoms. The molecule has 1 saturated heterocycles. The van der Waals surface area contributed by atoms with Crippen LogP contribution in [0.25, 0.3) is 0 Å². The lowest BCUT2D eigenvalue weighted by atomic mass is 9.96. The maximum atomic E-state index is 12.4. The molecular formula is C16H28N4O2. The Hall–Kier alpha value is -1.72. The number of nitrogens with one attached hydrogen (secondary N) is 2. The summed E-state index contributed by atoms with van der Waals surface area (Å²) in [5.41, 5.74) is 0.534. The van der Waals surface area contributed by atoms with Crippen molar-refractivity contribution in [1.29, 1.82) is 0 Å². The highest BCUT2D eigenvalue weighted by Gasteiger charge is 2.31. The van der Waals surface area contributed by atoms with Gasteiger partial charge in [0.15, 0.2) is 0 Å². The minimum atomic E-state index is -0.445. The zero-order chi connectivity index (χ0) is 16.2. The van der Waals surface area contributed by atoms with Crippen LogP contribution in [-0.2, 0) is 4.74 Å². The number of nitrogens with zero attached hydrogens (tertiary/aromatic N) is 2. The largest absolute Gasteiger partial charge is 0.444 e. The van der Waals surface area contributed by atoms with E-state index in [0.29, 0.717) is 0 Å². The molecule has 6 heteroatoms. The van der Waals surface area contributed by atoms with E-state index in [-0.39, 0.29) is 18.2 Å². The van der Waals surface area contributed by atoms with Gasteiger partial charge in [-0.25, -0.2) is 4.79 Å². The molecule has 0 saturated carbocycles. The van der Waals surface area contributed by atoms with Crippen molar-refractivity contribution in [3.05, 3.63) is 12.4 Å². The number of ether oxygens (including phenoxy) is 1. The monoisotopic (exact) mass is 308 g/mol. The number of piperidine rings is 1. The second kappa shape index (κ2) is 7.03.